The monoisotopic (exact) mass is 462 g/mol. The maximum absolute atomic E-state index is 12.6. The minimum absolute atomic E-state index is 0.294. The first-order valence-electron chi connectivity index (χ1n) is 9.89. The average Bonchev–Trinajstić information content (AvgIpc) is 3.26. The van der Waals surface area contributed by atoms with E-state index in [0.717, 1.165) is 18.6 Å². The molecule has 32 heavy (non-hydrogen) atoms. The van der Waals surface area contributed by atoms with Crippen LogP contribution in [0.4, 0.5) is 13.2 Å². The van der Waals surface area contributed by atoms with Crippen molar-refractivity contribution in [3.63, 3.8) is 0 Å². The topological polar surface area (TPSA) is 44.8 Å². The van der Waals surface area contributed by atoms with Crippen molar-refractivity contribution in [1.29, 1.82) is 0 Å². The molecule has 0 aliphatic carbocycles. The molecule has 168 valence electrons. The lowest BCUT2D eigenvalue weighted by molar-refractivity contribution is -0.137. The fourth-order valence-corrected chi connectivity index (χ4v) is 3.31. The third-order valence-corrected chi connectivity index (χ3v) is 4.99. The molecule has 0 saturated carbocycles. The van der Waals surface area contributed by atoms with E-state index in [2.05, 4.69) is 0 Å². The molecule has 4 nitrogen and oxygen atoms in total. The molecule has 8 heteroatoms. The number of halogens is 3. The minimum atomic E-state index is -4.39. The van der Waals surface area contributed by atoms with Gasteiger partial charge in [0.05, 0.1) is 5.56 Å². The van der Waals surface area contributed by atoms with Gasteiger partial charge < -0.3 is 14.2 Å². The van der Waals surface area contributed by atoms with Gasteiger partial charge in [0, 0.05) is 6.08 Å². The first-order chi connectivity index (χ1) is 15.3. The molecule has 3 aromatic rings. The zero-order valence-electron chi connectivity index (χ0n) is 17.2. The van der Waals surface area contributed by atoms with Gasteiger partial charge in [0.2, 0.25) is 0 Å². The number of alkyl halides is 3. The van der Waals surface area contributed by atoms with E-state index in [-0.39, 0.29) is 6.10 Å². The first kappa shape index (κ1) is 23.4. The van der Waals surface area contributed by atoms with Gasteiger partial charge in [0.15, 0.2) is 5.06 Å². The molecule has 0 amide bonds. The number of hydrogen-bond donors (Lipinski definition) is 0. The molecule has 0 spiro atoms. The molecule has 0 saturated heterocycles. The average molecular weight is 462 g/mol. The van der Waals surface area contributed by atoms with Crippen molar-refractivity contribution in [2.24, 2.45) is 0 Å². The Morgan fingerprint density at radius 2 is 1.62 bits per heavy atom. The fourth-order valence-electron chi connectivity index (χ4n) is 2.73. The third-order valence-electron chi connectivity index (χ3n) is 4.24. The number of rotatable bonds is 9. The standard InChI is InChI=1S/C24H21F3O4S/c1-2-4-18(14-15-22(28)31-23-5-3-16-32-23)29-20-10-12-21(13-11-20)30-19-8-6-17(7-9-19)24(25,26)27/h3,5-16,18H,2,4H2,1H3. The number of carbonyl (C=O) groups is 1. The van der Waals surface area contributed by atoms with E-state index in [4.69, 9.17) is 14.2 Å². The van der Waals surface area contributed by atoms with Gasteiger partial charge in [-0.25, -0.2) is 4.79 Å². The predicted molar refractivity (Wildman–Crippen MR) is 116 cm³/mol. The molecule has 1 aromatic heterocycles. The van der Waals surface area contributed by atoms with Gasteiger partial charge >= 0.3 is 12.1 Å². The van der Waals surface area contributed by atoms with E-state index in [1.165, 1.54) is 29.5 Å². The van der Waals surface area contributed by atoms with Gasteiger partial charge in [-0.2, -0.15) is 13.2 Å². The van der Waals surface area contributed by atoms with Crippen LogP contribution in [0.25, 0.3) is 0 Å². The molecule has 3 rings (SSSR count). The second-order valence-corrected chi connectivity index (χ2v) is 7.66. The number of ether oxygens (including phenoxy) is 3. The maximum Gasteiger partial charge on any atom is 0.416 e. The molecule has 1 atom stereocenters. The summed E-state index contributed by atoms with van der Waals surface area (Å²) < 4.78 is 54.6. The molecule has 0 fully saturated rings. The quantitative estimate of drug-likeness (QED) is 0.248. The van der Waals surface area contributed by atoms with Gasteiger partial charge in [-0.1, -0.05) is 13.3 Å². The highest BCUT2D eigenvalue weighted by Gasteiger charge is 2.30. The van der Waals surface area contributed by atoms with Crippen molar-refractivity contribution < 1.29 is 32.2 Å². The van der Waals surface area contributed by atoms with Gasteiger partial charge in [-0.3, -0.25) is 0 Å². The Kier molecular flexibility index (Phi) is 7.94. The van der Waals surface area contributed by atoms with Crippen LogP contribution in [0.2, 0.25) is 0 Å². The van der Waals surface area contributed by atoms with Crippen molar-refractivity contribution in [3.05, 3.63) is 83.8 Å². The molecule has 1 unspecified atom stereocenters. The smallest absolute Gasteiger partial charge is 0.416 e. The summed E-state index contributed by atoms with van der Waals surface area (Å²) in [5.41, 5.74) is -0.733. The minimum Gasteiger partial charge on any atom is -0.486 e. The molecule has 0 bridgehead atoms. The summed E-state index contributed by atoms with van der Waals surface area (Å²) in [4.78, 5) is 11.9. The summed E-state index contributed by atoms with van der Waals surface area (Å²) in [7, 11) is 0. The summed E-state index contributed by atoms with van der Waals surface area (Å²) in [6, 6.07) is 14.7. The molecule has 0 aliphatic rings. The predicted octanol–water partition coefficient (Wildman–Crippen LogP) is 7.27. The van der Waals surface area contributed by atoms with E-state index in [0.29, 0.717) is 28.7 Å². The van der Waals surface area contributed by atoms with Crippen LogP contribution in [0.1, 0.15) is 25.3 Å². The van der Waals surface area contributed by atoms with Crippen molar-refractivity contribution in [2.75, 3.05) is 0 Å². The van der Waals surface area contributed by atoms with Gasteiger partial charge in [0.1, 0.15) is 23.4 Å². The second-order valence-electron chi connectivity index (χ2n) is 6.75. The maximum atomic E-state index is 12.6. The molecule has 0 radical (unpaired) electrons. The summed E-state index contributed by atoms with van der Waals surface area (Å²) in [5, 5.41) is 2.34. The molecular weight excluding hydrogens is 441 g/mol. The number of benzene rings is 2. The van der Waals surface area contributed by atoms with Gasteiger partial charge in [0.25, 0.3) is 0 Å². The van der Waals surface area contributed by atoms with E-state index >= 15 is 0 Å². The summed E-state index contributed by atoms with van der Waals surface area (Å²) in [6.07, 6.45) is -0.149. The Morgan fingerprint density at radius 1 is 1.00 bits per heavy atom. The first-order valence-corrected chi connectivity index (χ1v) is 10.8. The Morgan fingerprint density at radius 3 is 2.19 bits per heavy atom. The zero-order valence-corrected chi connectivity index (χ0v) is 18.0. The molecule has 2 aromatic carbocycles. The number of carbonyl (C=O) groups excluding carboxylic acids is 1. The highest BCUT2D eigenvalue weighted by molar-refractivity contribution is 7.11. The summed E-state index contributed by atoms with van der Waals surface area (Å²) in [6.45, 7) is 2.01. The SMILES string of the molecule is CCCC(C=CC(=O)Oc1cccs1)Oc1ccc(Oc2ccc(C(F)(F)F)cc2)cc1. The molecular formula is C24H21F3O4S. The van der Waals surface area contributed by atoms with Crippen LogP contribution in [-0.2, 0) is 11.0 Å². The number of esters is 1. The van der Waals surface area contributed by atoms with Crippen LogP contribution in [-0.4, -0.2) is 12.1 Å². The van der Waals surface area contributed by atoms with Crippen LogP contribution in [0.5, 0.6) is 22.3 Å². The van der Waals surface area contributed by atoms with Crippen LogP contribution >= 0.6 is 11.3 Å². The van der Waals surface area contributed by atoms with Gasteiger partial charge in [-0.15, -0.1) is 11.3 Å². The van der Waals surface area contributed by atoms with E-state index in [1.807, 2.05) is 12.3 Å². The summed E-state index contributed by atoms with van der Waals surface area (Å²) in [5.74, 6) is 0.846. The number of thiophene rings is 1. The van der Waals surface area contributed by atoms with Crippen LogP contribution < -0.4 is 14.2 Å². The van der Waals surface area contributed by atoms with Crippen molar-refractivity contribution >= 4 is 17.3 Å². The lowest BCUT2D eigenvalue weighted by Crippen LogP contribution is -2.14. The van der Waals surface area contributed by atoms with Crippen molar-refractivity contribution in [3.8, 4) is 22.3 Å². The van der Waals surface area contributed by atoms with E-state index in [9.17, 15) is 18.0 Å². The van der Waals surface area contributed by atoms with Crippen molar-refractivity contribution in [2.45, 2.75) is 32.0 Å². The highest BCUT2D eigenvalue weighted by Crippen LogP contribution is 2.31. The van der Waals surface area contributed by atoms with Crippen molar-refractivity contribution in [1.82, 2.24) is 0 Å². The molecule has 0 N–H and O–H groups in total. The third kappa shape index (κ3) is 7.16. The summed E-state index contributed by atoms with van der Waals surface area (Å²) >= 11 is 1.33. The number of hydrogen-bond acceptors (Lipinski definition) is 5. The van der Waals surface area contributed by atoms with E-state index in [1.54, 1.807) is 42.5 Å². The zero-order chi connectivity index (χ0) is 23.0. The Balaban J connectivity index is 1.57. The Hall–Kier alpha value is -3.26. The molecule has 1 heterocycles. The highest BCUT2D eigenvalue weighted by atomic mass is 32.1. The largest absolute Gasteiger partial charge is 0.486 e. The lowest BCUT2D eigenvalue weighted by Gasteiger charge is -2.15. The van der Waals surface area contributed by atoms with Crippen LogP contribution in [0, 0.1) is 0 Å². The Bertz CT molecular complexity index is 1010. The second kappa shape index (κ2) is 10.9. The van der Waals surface area contributed by atoms with Crippen LogP contribution in [0.3, 0.4) is 0 Å². The molecule has 0 aliphatic heterocycles. The fraction of sp³-hybridized carbons (Fsp3) is 0.208. The van der Waals surface area contributed by atoms with E-state index < -0.39 is 17.7 Å². The lowest BCUT2D eigenvalue weighted by atomic mass is 10.2. The normalized spacial score (nSPS) is 12.5. The Labute approximate surface area is 187 Å². The van der Waals surface area contributed by atoms with Crippen LogP contribution in [0.15, 0.2) is 78.2 Å². The van der Waals surface area contributed by atoms with Gasteiger partial charge in [-0.05, 0) is 78.5 Å².